The summed E-state index contributed by atoms with van der Waals surface area (Å²) in [6, 6.07) is 8.84. The second-order valence-electron chi connectivity index (χ2n) is 7.36. The Labute approximate surface area is 140 Å². The van der Waals surface area contributed by atoms with Gasteiger partial charge in [-0.25, -0.2) is 0 Å². The average molecular weight is 317 g/mol. The number of benzene rings is 1. The minimum atomic E-state index is -0.145. The van der Waals surface area contributed by atoms with Crippen LogP contribution in [0.1, 0.15) is 43.7 Å². The summed E-state index contributed by atoms with van der Waals surface area (Å²) in [6.45, 7) is 8.35. The molecule has 1 aliphatic carbocycles. The maximum absolute atomic E-state index is 10.3. The summed E-state index contributed by atoms with van der Waals surface area (Å²) in [4.78, 5) is 2.56. The minimum absolute atomic E-state index is 0.0586. The number of ether oxygens (including phenoxy) is 1. The van der Waals surface area contributed by atoms with Gasteiger partial charge in [-0.3, -0.25) is 0 Å². The quantitative estimate of drug-likeness (QED) is 0.875. The summed E-state index contributed by atoms with van der Waals surface area (Å²) in [5.74, 6) is 0. The van der Waals surface area contributed by atoms with Gasteiger partial charge in [0, 0.05) is 18.4 Å². The van der Waals surface area contributed by atoms with Crippen LogP contribution in [0, 0.1) is 12.3 Å². The van der Waals surface area contributed by atoms with Gasteiger partial charge in [-0.2, -0.15) is 0 Å². The number of aliphatic hydroxyl groups excluding tert-OH is 1. The Morgan fingerprint density at radius 2 is 2.09 bits per heavy atom. The molecule has 1 saturated heterocycles. The van der Waals surface area contributed by atoms with Gasteiger partial charge in [0.1, 0.15) is 0 Å². The summed E-state index contributed by atoms with van der Waals surface area (Å²) in [7, 11) is 0. The van der Waals surface area contributed by atoms with Crippen molar-refractivity contribution in [2.24, 2.45) is 5.41 Å². The third-order valence-corrected chi connectivity index (χ3v) is 5.92. The zero-order valence-corrected chi connectivity index (χ0v) is 14.6. The Bertz CT molecular complexity index is 506. The van der Waals surface area contributed by atoms with Crippen LogP contribution in [0.5, 0.6) is 0 Å². The summed E-state index contributed by atoms with van der Waals surface area (Å²) in [5, 5.41) is 10.3. The zero-order valence-electron chi connectivity index (χ0n) is 14.6. The van der Waals surface area contributed by atoms with Gasteiger partial charge >= 0.3 is 0 Å². The second-order valence-corrected chi connectivity index (χ2v) is 7.36. The Morgan fingerprint density at radius 3 is 2.74 bits per heavy atom. The molecule has 23 heavy (non-hydrogen) atoms. The van der Waals surface area contributed by atoms with E-state index in [4.69, 9.17) is 4.74 Å². The van der Waals surface area contributed by atoms with Crippen LogP contribution in [0.4, 0.5) is 0 Å². The molecule has 3 rings (SSSR count). The molecule has 3 heteroatoms. The fourth-order valence-corrected chi connectivity index (χ4v) is 4.38. The predicted octanol–water partition coefficient (Wildman–Crippen LogP) is 3.18. The van der Waals surface area contributed by atoms with Crippen LogP contribution in [0.3, 0.4) is 0 Å². The van der Waals surface area contributed by atoms with Crippen LogP contribution in [-0.4, -0.2) is 48.5 Å². The van der Waals surface area contributed by atoms with Crippen molar-refractivity contribution in [1.82, 2.24) is 4.90 Å². The lowest BCUT2D eigenvalue weighted by atomic mass is 9.58. The SMILES string of the molecule is CCOC1CC(O)C12CCN(CCCc1cccc(C)c1)CC2. The third kappa shape index (κ3) is 3.62. The van der Waals surface area contributed by atoms with Gasteiger partial charge in [-0.15, -0.1) is 0 Å². The smallest absolute Gasteiger partial charge is 0.0681 e. The lowest BCUT2D eigenvalue weighted by molar-refractivity contribution is -0.209. The number of hydrogen-bond donors (Lipinski definition) is 1. The first-order valence-electron chi connectivity index (χ1n) is 9.21. The van der Waals surface area contributed by atoms with E-state index in [2.05, 4.69) is 43.0 Å². The van der Waals surface area contributed by atoms with Gasteiger partial charge in [0.25, 0.3) is 0 Å². The van der Waals surface area contributed by atoms with Crippen molar-refractivity contribution in [1.29, 1.82) is 0 Å². The first-order valence-corrected chi connectivity index (χ1v) is 9.21. The normalized spacial score (nSPS) is 27.1. The molecule has 1 aliphatic heterocycles. The van der Waals surface area contributed by atoms with Crippen LogP contribution < -0.4 is 0 Å². The van der Waals surface area contributed by atoms with E-state index < -0.39 is 0 Å². The Balaban J connectivity index is 1.43. The number of aryl methyl sites for hydroxylation is 2. The number of likely N-dealkylation sites (tertiary alicyclic amines) is 1. The molecule has 2 atom stereocenters. The van der Waals surface area contributed by atoms with E-state index in [9.17, 15) is 5.11 Å². The van der Waals surface area contributed by atoms with E-state index in [0.29, 0.717) is 0 Å². The van der Waals surface area contributed by atoms with Crippen LogP contribution in [0.25, 0.3) is 0 Å². The highest BCUT2D eigenvalue weighted by molar-refractivity contribution is 5.22. The number of piperidine rings is 1. The van der Waals surface area contributed by atoms with E-state index in [0.717, 1.165) is 45.4 Å². The van der Waals surface area contributed by atoms with Crippen LogP contribution >= 0.6 is 0 Å². The molecular formula is C20H31NO2. The molecule has 1 saturated carbocycles. The summed E-state index contributed by atoms with van der Waals surface area (Å²) >= 11 is 0. The van der Waals surface area contributed by atoms with Gasteiger partial charge in [-0.05, 0) is 64.7 Å². The van der Waals surface area contributed by atoms with Gasteiger partial charge in [0.15, 0.2) is 0 Å². The molecular weight excluding hydrogens is 286 g/mol. The van der Waals surface area contributed by atoms with Crippen molar-refractivity contribution in [3.05, 3.63) is 35.4 Å². The van der Waals surface area contributed by atoms with Crippen molar-refractivity contribution in [3.8, 4) is 0 Å². The fourth-order valence-electron chi connectivity index (χ4n) is 4.38. The zero-order chi connectivity index (χ0) is 16.3. The lowest BCUT2D eigenvalue weighted by Crippen LogP contribution is -2.62. The molecule has 2 aliphatic rings. The Kier molecular flexibility index (Phi) is 5.40. The van der Waals surface area contributed by atoms with Gasteiger partial charge in [0.05, 0.1) is 12.2 Å². The Hall–Kier alpha value is -0.900. The van der Waals surface area contributed by atoms with E-state index >= 15 is 0 Å². The Morgan fingerprint density at radius 1 is 1.30 bits per heavy atom. The lowest BCUT2D eigenvalue weighted by Gasteiger charge is -2.56. The first kappa shape index (κ1) is 16.9. The van der Waals surface area contributed by atoms with Crippen molar-refractivity contribution in [3.63, 3.8) is 0 Å². The topological polar surface area (TPSA) is 32.7 Å². The van der Waals surface area contributed by atoms with E-state index in [1.54, 1.807) is 0 Å². The molecule has 0 aromatic heterocycles. The average Bonchev–Trinajstić information content (AvgIpc) is 2.55. The predicted molar refractivity (Wildman–Crippen MR) is 93.6 cm³/mol. The summed E-state index contributed by atoms with van der Waals surface area (Å²) in [5.41, 5.74) is 2.86. The molecule has 0 bridgehead atoms. The van der Waals surface area contributed by atoms with Crippen molar-refractivity contribution in [2.45, 2.75) is 58.2 Å². The van der Waals surface area contributed by atoms with Crippen molar-refractivity contribution >= 4 is 0 Å². The highest BCUT2D eigenvalue weighted by Crippen LogP contribution is 2.50. The molecule has 128 valence electrons. The molecule has 1 aromatic carbocycles. The summed E-state index contributed by atoms with van der Waals surface area (Å²) < 4.78 is 5.85. The molecule has 0 radical (unpaired) electrons. The number of nitrogens with zero attached hydrogens (tertiary/aromatic N) is 1. The standard InChI is InChI=1S/C20H31NO2/c1-3-23-19-15-18(22)20(19)9-12-21(13-10-20)11-5-8-17-7-4-6-16(2)14-17/h4,6-7,14,18-19,22H,3,5,8-13,15H2,1-2H3. The molecule has 1 aromatic rings. The molecule has 3 nitrogen and oxygen atoms in total. The molecule has 0 amide bonds. The van der Waals surface area contributed by atoms with Crippen LogP contribution in [0.2, 0.25) is 0 Å². The summed E-state index contributed by atoms with van der Waals surface area (Å²) in [6.07, 6.45) is 5.53. The molecule has 2 fully saturated rings. The van der Waals surface area contributed by atoms with E-state index in [1.165, 1.54) is 24.1 Å². The molecule has 2 unspecified atom stereocenters. The van der Waals surface area contributed by atoms with Gasteiger partial charge < -0.3 is 14.7 Å². The third-order valence-electron chi connectivity index (χ3n) is 5.92. The molecule has 1 heterocycles. The molecule has 1 N–H and O–H groups in total. The largest absolute Gasteiger partial charge is 0.392 e. The van der Waals surface area contributed by atoms with Gasteiger partial charge in [0.2, 0.25) is 0 Å². The number of aliphatic hydroxyl groups is 1. The highest BCUT2D eigenvalue weighted by Gasteiger charge is 2.55. The van der Waals surface area contributed by atoms with Crippen LogP contribution in [0.15, 0.2) is 24.3 Å². The fraction of sp³-hybridized carbons (Fsp3) is 0.700. The van der Waals surface area contributed by atoms with E-state index in [1.807, 2.05) is 0 Å². The van der Waals surface area contributed by atoms with E-state index in [-0.39, 0.29) is 17.6 Å². The number of hydrogen-bond acceptors (Lipinski definition) is 3. The maximum atomic E-state index is 10.3. The first-order chi connectivity index (χ1) is 11.1. The minimum Gasteiger partial charge on any atom is -0.392 e. The van der Waals surface area contributed by atoms with Gasteiger partial charge in [-0.1, -0.05) is 29.8 Å². The van der Waals surface area contributed by atoms with Crippen LogP contribution in [-0.2, 0) is 11.2 Å². The maximum Gasteiger partial charge on any atom is 0.0681 e. The molecule has 1 spiro atoms. The van der Waals surface area contributed by atoms with Crippen molar-refractivity contribution in [2.75, 3.05) is 26.2 Å². The monoisotopic (exact) mass is 317 g/mol. The highest BCUT2D eigenvalue weighted by atomic mass is 16.5. The second kappa shape index (κ2) is 7.33. The number of rotatable bonds is 6. The van der Waals surface area contributed by atoms with Crippen molar-refractivity contribution < 1.29 is 9.84 Å².